The number of benzene rings is 1. The minimum atomic E-state index is 0.499. The first-order chi connectivity index (χ1) is 7.16. The highest BCUT2D eigenvalue weighted by molar-refractivity contribution is 7.71. The van der Waals surface area contributed by atoms with Crippen LogP contribution in [-0.2, 0) is 0 Å². The van der Waals surface area contributed by atoms with E-state index in [1.807, 2.05) is 6.07 Å². The summed E-state index contributed by atoms with van der Waals surface area (Å²) < 4.78 is 0.631. The molecular weight excluding hydrogens is 251 g/mol. The lowest BCUT2D eigenvalue weighted by molar-refractivity contribution is 1.16. The Morgan fingerprint density at radius 2 is 1.93 bits per heavy atom. The molecule has 0 amide bonds. The van der Waals surface area contributed by atoms with Gasteiger partial charge in [0, 0.05) is 11.8 Å². The monoisotopic (exact) mass is 256 g/mol. The van der Waals surface area contributed by atoms with Gasteiger partial charge in [-0.15, -0.1) is 0 Å². The molecule has 0 atom stereocenters. The molecule has 0 saturated heterocycles. The molecule has 0 radical (unpaired) electrons. The predicted octanol–water partition coefficient (Wildman–Crippen LogP) is 4.11. The first kappa shape index (κ1) is 10.6. The first-order valence-corrected chi connectivity index (χ1v) is 5.34. The summed E-state index contributed by atoms with van der Waals surface area (Å²) in [6.45, 7) is 0. The fourth-order valence-corrected chi connectivity index (χ4v) is 1.62. The molecule has 0 bridgehead atoms. The number of halogens is 2. The molecule has 2 nitrogen and oxygen atoms in total. The van der Waals surface area contributed by atoms with Crippen LogP contribution in [-0.4, -0.2) is 9.97 Å². The number of H-pyrrole nitrogens is 1. The second-order valence-electron chi connectivity index (χ2n) is 2.91. The summed E-state index contributed by atoms with van der Waals surface area (Å²) in [4.78, 5) is 7.13. The third-order valence-electron chi connectivity index (χ3n) is 1.86. The molecule has 1 heterocycles. The molecule has 5 heteroatoms. The van der Waals surface area contributed by atoms with Crippen molar-refractivity contribution in [2.24, 2.45) is 0 Å². The molecule has 15 heavy (non-hydrogen) atoms. The molecule has 0 saturated carbocycles. The second kappa shape index (κ2) is 4.31. The fourth-order valence-electron chi connectivity index (χ4n) is 1.16. The topological polar surface area (TPSA) is 28.7 Å². The van der Waals surface area contributed by atoms with Crippen molar-refractivity contribution in [3.63, 3.8) is 0 Å². The molecule has 76 valence electrons. The van der Waals surface area contributed by atoms with Crippen LogP contribution in [0.5, 0.6) is 0 Å². The number of hydrogen-bond donors (Lipinski definition) is 1. The Bertz CT molecular complexity index is 551. The van der Waals surface area contributed by atoms with E-state index in [0.29, 0.717) is 20.5 Å². The second-order valence-corrected chi connectivity index (χ2v) is 4.17. The van der Waals surface area contributed by atoms with Gasteiger partial charge in [0.2, 0.25) is 0 Å². The molecule has 1 aromatic carbocycles. The minimum Gasteiger partial charge on any atom is -0.331 e. The molecule has 1 aromatic heterocycles. The van der Waals surface area contributed by atoms with Crippen LogP contribution in [0.4, 0.5) is 0 Å². The zero-order valence-corrected chi connectivity index (χ0v) is 9.83. The third-order valence-corrected chi connectivity index (χ3v) is 2.84. The molecule has 1 N–H and O–H groups in total. The maximum absolute atomic E-state index is 5.90. The molecule has 2 rings (SSSR count). The van der Waals surface area contributed by atoms with Gasteiger partial charge in [0.1, 0.15) is 10.5 Å². The van der Waals surface area contributed by atoms with Crippen molar-refractivity contribution in [2.45, 2.75) is 0 Å². The van der Waals surface area contributed by atoms with Gasteiger partial charge in [0.05, 0.1) is 10.0 Å². The van der Waals surface area contributed by atoms with Gasteiger partial charge in [-0.3, -0.25) is 0 Å². The molecule has 0 unspecified atom stereocenters. The van der Waals surface area contributed by atoms with Crippen molar-refractivity contribution in [2.75, 3.05) is 0 Å². The number of nitrogens with one attached hydrogen (secondary N) is 1. The van der Waals surface area contributed by atoms with Crippen molar-refractivity contribution < 1.29 is 0 Å². The Hall–Kier alpha value is -0.900. The van der Waals surface area contributed by atoms with Crippen LogP contribution in [0.2, 0.25) is 10.0 Å². The van der Waals surface area contributed by atoms with Gasteiger partial charge in [-0.05, 0) is 24.3 Å². The Morgan fingerprint density at radius 1 is 1.13 bits per heavy atom. The summed E-state index contributed by atoms with van der Waals surface area (Å²) in [7, 11) is 0. The number of hydrogen-bond acceptors (Lipinski definition) is 2. The maximum Gasteiger partial charge on any atom is 0.138 e. The molecule has 0 fully saturated rings. The number of aromatic amines is 1. The summed E-state index contributed by atoms with van der Waals surface area (Å²) in [5.41, 5.74) is 0.858. The van der Waals surface area contributed by atoms with Crippen LogP contribution in [0.15, 0.2) is 30.5 Å². The average molecular weight is 257 g/mol. The van der Waals surface area contributed by atoms with E-state index in [0.717, 1.165) is 5.56 Å². The summed E-state index contributed by atoms with van der Waals surface area (Å²) in [6, 6.07) is 7.03. The number of rotatable bonds is 1. The standard InChI is InChI=1S/C10H6Cl2N2S/c11-7-2-1-6(5-8(7)12)10-13-4-3-9(15)14-10/h1-5H,(H,13,14,15). The van der Waals surface area contributed by atoms with Gasteiger partial charge in [-0.1, -0.05) is 35.4 Å². The van der Waals surface area contributed by atoms with Gasteiger partial charge in [-0.2, -0.15) is 0 Å². The van der Waals surface area contributed by atoms with Gasteiger partial charge in [-0.25, -0.2) is 4.98 Å². The van der Waals surface area contributed by atoms with Crippen LogP contribution < -0.4 is 0 Å². The SMILES string of the molecule is S=c1ccnc(-c2ccc(Cl)c(Cl)c2)[nH]1. The Kier molecular flexibility index (Phi) is 3.05. The van der Waals surface area contributed by atoms with Gasteiger partial charge >= 0.3 is 0 Å². The number of aromatic nitrogens is 2. The van der Waals surface area contributed by atoms with E-state index in [9.17, 15) is 0 Å². The fraction of sp³-hybridized carbons (Fsp3) is 0. The van der Waals surface area contributed by atoms with Crippen molar-refractivity contribution in [3.05, 3.63) is 45.1 Å². The normalized spacial score (nSPS) is 10.3. The van der Waals surface area contributed by atoms with E-state index < -0.39 is 0 Å². The molecule has 2 aromatic rings. The highest BCUT2D eigenvalue weighted by Crippen LogP contribution is 2.26. The van der Waals surface area contributed by atoms with Crippen LogP contribution in [0.3, 0.4) is 0 Å². The van der Waals surface area contributed by atoms with Crippen molar-refractivity contribution in [3.8, 4) is 11.4 Å². The van der Waals surface area contributed by atoms with Crippen LogP contribution >= 0.6 is 35.4 Å². The zero-order chi connectivity index (χ0) is 10.8. The highest BCUT2D eigenvalue weighted by Gasteiger charge is 2.02. The molecule has 0 aliphatic rings. The van der Waals surface area contributed by atoms with E-state index in [1.54, 1.807) is 24.4 Å². The van der Waals surface area contributed by atoms with Crippen LogP contribution in [0.25, 0.3) is 11.4 Å². The van der Waals surface area contributed by atoms with Gasteiger partial charge < -0.3 is 4.98 Å². The van der Waals surface area contributed by atoms with E-state index in [-0.39, 0.29) is 0 Å². The van der Waals surface area contributed by atoms with Crippen LogP contribution in [0, 0.1) is 4.64 Å². The summed E-state index contributed by atoms with van der Waals surface area (Å²) in [6.07, 6.45) is 1.65. The van der Waals surface area contributed by atoms with E-state index in [4.69, 9.17) is 35.4 Å². The smallest absolute Gasteiger partial charge is 0.138 e. The summed E-state index contributed by atoms with van der Waals surface area (Å²) >= 11 is 16.7. The minimum absolute atomic E-state index is 0.499. The Labute approximate surface area is 102 Å². The lowest BCUT2D eigenvalue weighted by Gasteiger charge is -2.02. The summed E-state index contributed by atoms with van der Waals surface area (Å²) in [5.74, 6) is 0.682. The molecule has 0 aliphatic heterocycles. The van der Waals surface area contributed by atoms with E-state index >= 15 is 0 Å². The first-order valence-electron chi connectivity index (χ1n) is 4.17. The lowest BCUT2D eigenvalue weighted by Crippen LogP contribution is -1.87. The van der Waals surface area contributed by atoms with E-state index in [1.165, 1.54) is 0 Å². The van der Waals surface area contributed by atoms with Crippen molar-refractivity contribution >= 4 is 35.4 Å². The maximum atomic E-state index is 5.90. The predicted molar refractivity (Wildman–Crippen MR) is 64.9 cm³/mol. The van der Waals surface area contributed by atoms with Crippen LogP contribution in [0.1, 0.15) is 0 Å². The largest absolute Gasteiger partial charge is 0.331 e. The lowest BCUT2D eigenvalue weighted by atomic mass is 10.2. The molecular formula is C10H6Cl2N2S. The van der Waals surface area contributed by atoms with Crippen molar-refractivity contribution in [1.82, 2.24) is 9.97 Å². The molecule has 0 spiro atoms. The average Bonchev–Trinajstić information content (AvgIpc) is 2.22. The van der Waals surface area contributed by atoms with Gasteiger partial charge in [0.25, 0.3) is 0 Å². The quantitative estimate of drug-likeness (QED) is 0.778. The Morgan fingerprint density at radius 3 is 2.60 bits per heavy atom. The number of nitrogens with zero attached hydrogens (tertiary/aromatic N) is 1. The summed E-state index contributed by atoms with van der Waals surface area (Å²) in [5, 5.41) is 1.02. The molecule has 0 aliphatic carbocycles. The highest BCUT2D eigenvalue weighted by atomic mass is 35.5. The van der Waals surface area contributed by atoms with E-state index in [2.05, 4.69) is 9.97 Å². The zero-order valence-electron chi connectivity index (χ0n) is 7.50. The van der Waals surface area contributed by atoms with Crippen molar-refractivity contribution in [1.29, 1.82) is 0 Å². The Balaban J connectivity index is 2.55. The third kappa shape index (κ3) is 2.37. The van der Waals surface area contributed by atoms with Gasteiger partial charge in [0.15, 0.2) is 0 Å².